The number of nitrogens with zero attached hydrogens (tertiary/aromatic N) is 1. The van der Waals surface area contributed by atoms with Gasteiger partial charge in [-0.2, -0.15) is 0 Å². The number of carbonyl (C=O) groups is 1. The average molecular weight is 287 g/mol. The first-order valence-electron chi connectivity index (χ1n) is 6.89. The maximum absolute atomic E-state index is 11.4. The van der Waals surface area contributed by atoms with Gasteiger partial charge in [0.15, 0.2) is 5.13 Å². The molecule has 2 N–H and O–H groups in total. The van der Waals surface area contributed by atoms with E-state index in [9.17, 15) is 4.79 Å². The Morgan fingerprint density at radius 1 is 1.40 bits per heavy atom. The molecule has 0 spiro atoms. The van der Waals surface area contributed by atoms with Gasteiger partial charge >= 0.3 is 0 Å². The monoisotopic (exact) mass is 287 g/mol. The molecule has 0 bridgehead atoms. The SMILES string of the molecule is CCCNc1nc(-c2ccc3c(c2)CCC(=O)N3)cs1. The maximum Gasteiger partial charge on any atom is 0.224 e. The zero-order chi connectivity index (χ0) is 13.9. The summed E-state index contributed by atoms with van der Waals surface area (Å²) in [6, 6.07) is 6.12. The lowest BCUT2D eigenvalue weighted by atomic mass is 9.99. The molecule has 2 heterocycles. The zero-order valence-electron chi connectivity index (χ0n) is 11.4. The fraction of sp³-hybridized carbons (Fsp3) is 0.333. The summed E-state index contributed by atoms with van der Waals surface area (Å²) in [6.45, 7) is 3.09. The Hall–Kier alpha value is -1.88. The van der Waals surface area contributed by atoms with Gasteiger partial charge in [-0.3, -0.25) is 4.79 Å². The molecule has 1 aromatic heterocycles. The average Bonchev–Trinajstić information content (AvgIpc) is 2.93. The van der Waals surface area contributed by atoms with Crippen molar-refractivity contribution in [3.05, 3.63) is 29.1 Å². The van der Waals surface area contributed by atoms with E-state index in [1.807, 2.05) is 12.1 Å². The van der Waals surface area contributed by atoms with Crippen LogP contribution in [0.25, 0.3) is 11.3 Å². The molecular weight excluding hydrogens is 270 g/mol. The Morgan fingerprint density at radius 2 is 2.30 bits per heavy atom. The van der Waals surface area contributed by atoms with Gasteiger partial charge in [-0.1, -0.05) is 13.0 Å². The molecule has 1 amide bonds. The van der Waals surface area contributed by atoms with Gasteiger partial charge in [0.25, 0.3) is 0 Å². The number of nitrogens with one attached hydrogen (secondary N) is 2. The van der Waals surface area contributed by atoms with Crippen molar-refractivity contribution in [1.82, 2.24) is 4.98 Å². The molecule has 4 nitrogen and oxygen atoms in total. The topological polar surface area (TPSA) is 54.0 Å². The van der Waals surface area contributed by atoms with Crippen molar-refractivity contribution in [2.24, 2.45) is 0 Å². The summed E-state index contributed by atoms with van der Waals surface area (Å²) in [6.07, 6.45) is 2.46. The van der Waals surface area contributed by atoms with Gasteiger partial charge in [0.2, 0.25) is 5.91 Å². The maximum atomic E-state index is 11.4. The Balaban J connectivity index is 1.83. The number of aromatic nitrogens is 1. The molecular formula is C15H17N3OS. The lowest BCUT2D eigenvalue weighted by Gasteiger charge is -2.17. The third-order valence-electron chi connectivity index (χ3n) is 3.33. The lowest BCUT2D eigenvalue weighted by molar-refractivity contribution is -0.116. The van der Waals surface area contributed by atoms with Crippen LogP contribution in [0.5, 0.6) is 0 Å². The molecule has 0 saturated heterocycles. The number of amides is 1. The molecule has 3 rings (SSSR count). The molecule has 0 atom stereocenters. The van der Waals surface area contributed by atoms with Crippen molar-refractivity contribution in [3.63, 3.8) is 0 Å². The Kier molecular flexibility index (Phi) is 3.69. The predicted molar refractivity (Wildman–Crippen MR) is 83.3 cm³/mol. The number of anilines is 2. The molecule has 0 radical (unpaired) electrons. The van der Waals surface area contributed by atoms with Crippen molar-refractivity contribution in [2.45, 2.75) is 26.2 Å². The van der Waals surface area contributed by atoms with Crippen molar-refractivity contribution in [2.75, 3.05) is 17.2 Å². The summed E-state index contributed by atoms with van der Waals surface area (Å²) < 4.78 is 0. The lowest BCUT2D eigenvalue weighted by Crippen LogP contribution is -2.18. The van der Waals surface area contributed by atoms with Crippen LogP contribution in [0.15, 0.2) is 23.6 Å². The molecule has 0 saturated carbocycles. The van der Waals surface area contributed by atoms with Crippen LogP contribution in [0.3, 0.4) is 0 Å². The third-order valence-corrected chi connectivity index (χ3v) is 4.13. The normalized spacial score (nSPS) is 13.8. The minimum atomic E-state index is 0.102. The summed E-state index contributed by atoms with van der Waals surface area (Å²) >= 11 is 1.63. The highest BCUT2D eigenvalue weighted by Crippen LogP contribution is 2.30. The van der Waals surface area contributed by atoms with Crippen molar-refractivity contribution in [3.8, 4) is 11.3 Å². The quantitative estimate of drug-likeness (QED) is 0.904. The van der Waals surface area contributed by atoms with Gasteiger partial charge in [-0.25, -0.2) is 4.98 Å². The molecule has 2 aromatic rings. The number of hydrogen-bond acceptors (Lipinski definition) is 4. The smallest absolute Gasteiger partial charge is 0.224 e. The number of aryl methyl sites for hydroxylation is 1. The molecule has 1 aromatic carbocycles. The zero-order valence-corrected chi connectivity index (χ0v) is 12.2. The first-order chi connectivity index (χ1) is 9.76. The van der Waals surface area contributed by atoms with Crippen LogP contribution in [-0.4, -0.2) is 17.4 Å². The van der Waals surface area contributed by atoms with Crippen molar-refractivity contribution in [1.29, 1.82) is 0 Å². The van der Waals surface area contributed by atoms with E-state index < -0.39 is 0 Å². The van der Waals surface area contributed by atoms with Crippen molar-refractivity contribution >= 4 is 28.1 Å². The van der Waals surface area contributed by atoms with E-state index in [1.165, 1.54) is 5.56 Å². The first-order valence-corrected chi connectivity index (χ1v) is 7.77. The summed E-state index contributed by atoms with van der Waals surface area (Å²) in [7, 11) is 0. The fourth-order valence-electron chi connectivity index (χ4n) is 2.26. The second-order valence-corrected chi connectivity index (χ2v) is 5.74. The Labute approximate surface area is 122 Å². The summed E-state index contributed by atoms with van der Waals surface area (Å²) in [5, 5.41) is 9.24. The second-order valence-electron chi connectivity index (χ2n) is 4.88. The minimum Gasteiger partial charge on any atom is -0.362 e. The highest BCUT2D eigenvalue weighted by molar-refractivity contribution is 7.14. The van der Waals surface area contributed by atoms with Gasteiger partial charge in [0.05, 0.1) is 5.69 Å². The molecule has 20 heavy (non-hydrogen) atoms. The molecule has 0 aliphatic carbocycles. The number of hydrogen-bond donors (Lipinski definition) is 2. The highest BCUT2D eigenvalue weighted by Gasteiger charge is 2.15. The van der Waals surface area contributed by atoms with Gasteiger partial charge in [-0.05, 0) is 30.5 Å². The molecule has 5 heteroatoms. The number of rotatable bonds is 4. The van der Waals surface area contributed by atoms with Crippen molar-refractivity contribution < 1.29 is 4.79 Å². The summed E-state index contributed by atoms with van der Waals surface area (Å²) in [5.74, 6) is 0.102. The Morgan fingerprint density at radius 3 is 3.15 bits per heavy atom. The van der Waals surface area contributed by atoms with Crippen LogP contribution in [0, 0.1) is 0 Å². The van der Waals surface area contributed by atoms with Crippen LogP contribution in [0.1, 0.15) is 25.3 Å². The van der Waals surface area contributed by atoms with E-state index >= 15 is 0 Å². The van der Waals surface area contributed by atoms with Gasteiger partial charge in [-0.15, -0.1) is 11.3 Å². The number of benzene rings is 1. The van der Waals surface area contributed by atoms with E-state index in [2.05, 4.69) is 34.0 Å². The van der Waals surface area contributed by atoms with Crippen LogP contribution in [0.2, 0.25) is 0 Å². The van der Waals surface area contributed by atoms with E-state index in [4.69, 9.17) is 0 Å². The molecule has 1 aliphatic heterocycles. The predicted octanol–water partition coefficient (Wildman–Crippen LogP) is 3.52. The second kappa shape index (κ2) is 5.63. The minimum absolute atomic E-state index is 0.102. The summed E-state index contributed by atoms with van der Waals surface area (Å²) in [5.41, 5.74) is 4.23. The van der Waals surface area contributed by atoms with Crippen LogP contribution in [-0.2, 0) is 11.2 Å². The molecule has 1 aliphatic rings. The third kappa shape index (κ3) is 2.67. The van der Waals surface area contributed by atoms with Crippen LogP contribution in [0.4, 0.5) is 10.8 Å². The number of carbonyl (C=O) groups excluding carboxylic acids is 1. The van der Waals surface area contributed by atoms with E-state index in [0.29, 0.717) is 6.42 Å². The molecule has 0 unspecified atom stereocenters. The largest absolute Gasteiger partial charge is 0.362 e. The van der Waals surface area contributed by atoms with Crippen LogP contribution < -0.4 is 10.6 Å². The van der Waals surface area contributed by atoms with E-state index in [1.54, 1.807) is 11.3 Å². The standard InChI is InChI=1S/C15H17N3OS/c1-2-7-16-15-18-13(9-20-15)11-3-5-12-10(8-11)4-6-14(19)17-12/h3,5,8-9H,2,4,6-7H2,1H3,(H,16,18)(H,17,19). The number of fused-ring (bicyclic) bond motifs is 1. The molecule has 104 valence electrons. The van der Waals surface area contributed by atoms with E-state index in [-0.39, 0.29) is 5.91 Å². The highest BCUT2D eigenvalue weighted by atomic mass is 32.1. The Bertz CT molecular complexity index is 636. The fourth-order valence-corrected chi connectivity index (χ4v) is 3.01. The van der Waals surface area contributed by atoms with Gasteiger partial charge in [0.1, 0.15) is 0 Å². The number of thiazole rings is 1. The molecule has 0 fully saturated rings. The first kappa shape index (κ1) is 13.1. The summed E-state index contributed by atoms with van der Waals surface area (Å²) in [4.78, 5) is 16.0. The van der Waals surface area contributed by atoms with Gasteiger partial charge < -0.3 is 10.6 Å². The van der Waals surface area contributed by atoms with Crippen LogP contribution >= 0.6 is 11.3 Å². The van der Waals surface area contributed by atoms with E-state index in [0.717, 1.165) is 41.5 Å². The van der Waals surface area contributed by atoms with Gasteiger partial charge in [0, 0.05) is 29.6 Å².